The minimum atomic E-state index is -0.279. The van der Waals surface area contributed by atoms with E-state index >= 15 is 0 Å². The maximum atomic E-state index is 12.0. The van der Waals surface area contributed by atoms with Crippen LogP contribution in [0.15, 0.2) is 24.3 Å². The van der Waals surface area contributed by atoms with Crippen LogP contribution >= 0.6 is 0 Å². The molecule has 1 saturated heterocycles. The lowest BCUT2D eigenvalue weighted by molar-refractivity contribution is -0.135. The molecule has 1 fully saturated rings. The highest BCUT2D eigenvalue weighted by atomic mass is 16.5. The zero-order chi connectivity index (χ0) is 14.4. The number of benzene rings is 1. The van der Waals surface area contributed by atoms with E-state index in [1.54, 1.807) is 11.0 Å². The van der Waals surface area contributed by atoms with Crippen molar-refractivity contribution in [2.75, 3.05) is 26.3 Å². The summed E-state index contributed by atoms with van der Waals surface area (Å²) < 4.78 is 11.0. The zero-order valence-electron chi connectivity index (χ0n) is 11.7. The molecule has 0 unspecified atom stereocenters. The maximum absolute atomic E-state index is 12.0. The number of ether oxygens (including phenoxy) is 2. The molecule has 0 spiro atoms. The first-order valence-corrected chi connectivity index (χ1v) is 7.01. The van der Waals surface area contributed by atoms with E-state index in [0.29, 0.717) is 44.0 Å². The second kappa shape index (κ2) is 7.14. The molecule has 0 aliphatic carbocycles. The first-order valence-electron chi connectivity index (χ1n) is 7.01. The van der Waals surface area contributed by atoms with Gasteiger partial charge in [0.1, 0.15) is 0 Å². The standard InChI is InChI=1S/C15H21NO4/c1-2-19-13-5-3-4-6-14(13)20-11-15(18)16-9-7-12(17)8-10-16/h3-6,12,17H,2,7-11H2,1H3. The van der Waals surface area contributed by atoms with E-state index in [1.807, 2.05) is 25.1 Å². The second-order valence-corrected chi connectivity index (χ2v) is 4.78. The van der Waals surface area contributed by atoms with E-state index in [9.17, 15) is 9.90 Å². The Morgan fingerprint density at radius 1 is 1.25 bits per heavy atom. The van der Waals surface area contributed by atoms with Crippen molar-refractivity contribution < 1.29 is 19.4 Å². The van der Waals surface area contributed by atoms with E-state index in [4.69, 9.17) is 9.47 Å². The summed E-state index contributed by atoms with van der Waals surface area (Å²) in [6.07, 6.45) is 1.00. The summed E-state index contributed by atoms with van der Waals surface area (Å²) in [6.45, 7) is 3.65. The van der Waals surface area contributed by atoms with Crippen LogP contribution in [0, 0.1) is 0 Å². The predicted molar refractivity (Wildman–Crippen MR) is 74.9 cm³/mol. The van der Waals surface area contributed by atoms with Gasteiger partial charge in [0.05, 0.1) is 12.7 Å². The summed E-state index contributed by atoms with van der Waals surface area (Å²) in [7, 11) is 0. The van der Waals surface area contributed by atoms with Crippen LogP contribution in [-0.4, -0.2) is 48.3 Å². The summed E-state index contributed by atoms with van der Waals surface area (Å²) in [5.41, 5.74) is 0. The average Bonchev–Trinajstić information content (AvgIpc) is 2.47. The van der Waals surface area contributed by atoms with Crippen molar-refractivity contribution in [3.63, 3.8) is 0 Å². The molecule has 0 bridgehead atoms. The molecular weight excluding hydrogens is 258 g/mol. The van der Waals surface area contributed by atoms with E-state index in [1.165, 1.54) is 0 Å². The summed E-state index contributed by atoms with van der Waals surface area (Å²) in [6, 6.07) is 7.32. The highest BCUT2D eigenvalue weighted by Crippen LogP contribution is 2.26. The molecule has 1 aliphatic heterocycles. The molecule has 1 aliphatic rings. The van der Waals surface area contributed by atoms with Gasteiger partial charge in [0.25, 0.3) is 5.91 Å². The van der Waals surface area contributed by atoms with Gasteiger partial charge in [-0.2, -0.15) is 0 Å². The van der Waals surface area contributed by atoms with Crippen LogP contribution in [0.25, 0.3) is 0 Å². The molecule has 1 amide bonds. The number of likely N-dealkylation sites (tertiary alicyclic amines) is 1. The Hall–Kier alpha value is -1.75. The van der Waals surface area contributed by atoms with Gasteiger partial charge < -0.3 is 19.5 Å². The van der Waals surface area contributed by atoms with Crippen LogP contribution in [0.5, 0.6) is 11.5 Å². The zero-order valence-corrected chi connectivity index (χ0v) is 11.7. The monoisotopic (exact) mass is 279 g/mol. The fourth-order valence-electron chi connectivity index (χ4n) is 2.19. The molecule has 0 atom stereocenters. The summed E-state index contributed by atoms with van der Waals surface area (Å²) in [5.74, 6) is 1.18. The minimum Gasteiger partial charge on any atom is -0.490 e. The highest BCUT2D eigenvalue weighted by molar-refractivity contribution is 5.78. The number of rotatable bonds is 5. The fraction of sp³-hybridized carbons (Fsp3) is 0.533. The third-order valence-corrected chi connectivity index (χ3v) is 3.32. The van der Waals surface area contributed by atoms with Crippen molar-refractivity contribution in [3.05, 3.63) is 24.3 Å². The number of nitrogens with zero attached hydrogens (tertiary/aromatic N) is 1. The van der Waals surface area contributed by atoms with Gasteiger partial charge in [-0.3, -0.25) is 4.79 Å². The molecular formula is C15H21NO4. The number of aliphatic hydroxyl groups is 1. The Bertz CT molecular complexity index is 441. The first-order chi connectivity index (χ1) is 9.70. The van der Waals surface area contributed by atoms with Gasteiger partial charge in [-0.05, 0) is 31.9 Å². The molecule has 5 nitrogen and oxygen atoms in total. The van der Waals surface area contributed by atoms with Crippen molar-refractivity contribution in [1.29, 1.82) is 0 Å². The summed E-state index contributed by atoms with van der Waals surface area (Å²) >= 11 is 0. The number of piperidine rings is 1. The largest absolute Gasteiger partial charge is 0.490 e. The number of hydrogen-bond donors (Lipinski definition) is 1. The van der Waals surface area contributed by atoms with E-state index < -0.39 is 0 Å². The van der Waals surface area contributed by atoms with E-state index in [2.05, 4.69) is 0 Å². The molecule has 110 valence electrons. The number of para-hydroxylation sites is 2. The molecule has 5 heteroatoms. The lowest BCUT2D eigenvalue weighted by atomic mass is 10.1. The highest BCUT2D eigenvalue weighted by Gasteiger charge is 2.21. The Labute approximate surface area is 119 Å². The van der Waals surface area contributed by atoms with Crippen LogP contribution in [0.1, 0.15) is 19.8 Å². The molecule has 20 heavy (non-hydrogen) atoms. The van der Waals surface area contributed by atoms with Crippen LogP contribution in [-0.2, 0) is 4.79 Å². The molecule has 1 aromatic carbocycles. The molecule has 0 aromatic heterocycles. The van der Waals surface area contributed by atoms with Gasteiger partial charge in [-0.1, -0.05) is 12.1 Å². The third kappa shape index (κ3) is 3.87. The molecule has 0 radical (unpaired) electrons. The van der Waals surface area contributed by atoms with Crippen molar-refractivity contribution in [3.8, 4) is 11.5 Å². The average molecular weight is 279 g/mol. The quantitative estimate of drug-likeness (QED) is 0.886. The lowest BCUT2D eigenvalue weighted by Crippen LogP contribution is -2.42. The fourth-order valence-corrected chi connectivity index (χ4v) is 2.19. The molecule has 0 saturated carbocycles. The van der Waals surface area contributed by atoms with Crippen LogP contribution < -0.4 is 9.47 Å². The normalized spacial score (nSPS) is 16.0. The van der Waals surface area contributed by atoms with Crippen molar-refractivity contribution >= 4 is 5.91 Å². The Kier molecular flexibility index (Phi) is 5.24. The van der Waals surface area contributed by atoms with Gasteiger partial charge in [0.2, 0.25) is 0 Å². The Morgan fingerprint density at radius 3 is 2.45 bits per heavy atom. The Balaban J connectivity index is 1.87. The molecule has 1 N–H and O–H groups in total. The van der Waals surface area contributed by atoms with Gasteiger partial charge in [0.15, 0.2) is 18.1 Å². The lowest BCUT2D eigenvalue weighted by Gasteiger charge is -2.29. The number of carbonyl (C=O) groups is 1. The Morgan fingerprint density at radius 2 is 1.85 bits per heavy atom. The molecule has 1 aromatic rings. The molecule has 1 heterocycles. The summed E-state index contributed by atoms with van der Waals surface area (Å²) in [4.78, 5) is 13.8. The second-order valence-electron chi connectivity index (χ2n) is 4.78. The van der Waals surface area contributed by atoms with Crippen LogP contribution in [0.2, 0.25) is 0 Å². The smallest absolute Gasteiger partial charge is 0.260 e. The SMILES string of the molecule is CCOc1ccccc1OCC(=O)N1CCC(O)CC1. The van der Waals surface area contributed by atoms with E-state index in [-0.39, 0.29) is 18.6 Å². The van der Waals surface area contributed by atoms with Gasteiger partial charge in [-0.25, -0.2) is 0 Å². The van der Waals surface area contributed by atoms with Gasteiger partial charge in [-0.15, -0.1) is 0 Å². The number of carbonyl (C=O) groups excluding carboxylic acids is 1. The third-order valence-electron chi connectivity index (χ3n) is 3.32. The minimum absolute atomic E-state index is 0.000181. The molecule has 2 rings (SSSR count). The van der Waals surface area contributed by atoms with Crippen LogP contribution in [0.4, 0.5) is 0 Å². The van der Waals surface area contributed by atoms with Crippen LogP contribution in [0.3, 0.4) is 0 Å². The topological polar surface area (TPSA) is 59.0 Å². The van der Waals surface area contributed by atoms with Crippen molar-refractivity contribution in [1.82, 2.24) is 4.90 Å². The number of hydrogen-bond acceptors (Lipinski definition) is 4. The number of amides is 1. The van der Waals surface area contributed by atoms with Crippen molar-refractivity contribution in [2.45, 2.75) is 25.9 Å². The van der Waals surface area contributed by atoms with Crippen molar-refractivity contribution in [2.24, 2.45) is 0 Å². The summed E-state index contributed by atoms with van der Waals surface area (Å²) in [5, 5.41) is 9.43. The number of aliphatic hydroxyl groups excluding tert-OH is 1. The van der Waals surface area contributed by atoms with E-state index in [0.717, 1.165) is 0 Å². The predicted octanol–water partition coefficient (Wildman–Crippen LogP) is 1.45. The first kappa shape index (κ1) is 14.7. The maximum Gasteiger partial charge on any atom is 0.260 e. The van der Waals surface area contributed by atoms with Gasteiger partial charge >= 0.3 is 0 Å². The van der Waals surface area contributed by atoms with Gasteiger partial charge in [0, 0.05) is 13.1 Å².